The molecule has 0 fully saturated rings. The third-order valence-electron chi connectivity index (χ3n) is 3.05. The molecule has 0 aliphatic heterocycles. The van der Waals surface area contributed by atoms with Gasteiger partial charge in [0.25, 0.3) is 0 Å². The smallest absolute Gasteiger partial charge is 0.145 e. The maximum atomic E-state index is 13.8. The van der Waals surface area contributed by atoms with Gasteiger partial charge in [-0.15, -0.1) is 0 Å². The molecule has 1 unspecified atom stereocenters. The Morgan fingerprint density at radius 3 is 2.57 bits per heavy atom. The molecule has 0 saturated carbocycles. The number of nitrogens with one attached hydrogen (secondary N) is 1. The molecule has 2 N–H and O–H groups in total. The molecule has 1 atom stereocenters. The Labute approximate surface area is 121 Å². The average molecular weight is 293 g/mol. The molecule has 6 heteroatoms. The lowest BCUT2D eigenvalue weighted by molar-refractivity contribution is 0.282. The van der Waals surface area contributed by atoms with Gasteiger partial charge in [-0.25, -0.2) is 18.7 Å². The minimum atomic E-state index is -0.609. The molecule has 21 heavy (non-hydrogen) atoms. The Bertz CT molecular complexity index is 590. The van der Waals surface area contributed by atoms with Gasteiger partial charge < -0.3 is 10.4 Å². The Morgan fingerprint density at radius 2 is 1.95 bits per heavy atom. The highest BCUT2D eigenvalue weighted by atomic mass is 19.1. The third kappa shape index (κ3) is 4.27. The number of hydrogen-bond donors (Lipinski definition) is 2. The largest absolute Gasteiger partial charge is 0.395 e. The fourth-order valence-corrected chi connectivity index (χ4v) is 1.98. The number of aryl methyl sites for hydroxylation is 1. The first kappa shape index (κ1) is 15.5. The summed E-state index contributed by atoms with van der Waals surface area (Å²) in [4.78, 5) is 8.45. The van der Waals surface area contributed by atoms with E-state index in [-0.39, 0.29) is 19.1 Å². The second-order valence-electron chi connectivity index (χ2n) is 4.79. The number of rotatable bonds is 6. The Balaban J connectivity index is 2.21. The normalized spacial score (nSPS) is 12.4. The summed E-state index contributed by atoms with van der Waals surface area (Å²) in [5, 5.41) is 12.0. The molecule has 1 aromatic carbocycles. The van der Waals surface area contributed by atoms with Crippen LogP contribution in [-0.2, 0) is 6.42 Å². The van der Waals surface area contributed by atoms with Crippen molar-refractivity contribution in [2.45, 2.75) is 19.4 Å². The molecule has 0 radical (unpaired) electrons. The van der Waals surface area contributed by atoms with Crippen molar-refractivity contribution in [2.24, 2.45) is 0 Å². The van der Waals surface area contributed by atoms with Gasteiger partial charge in [-0.05, 0) is 30.5 Å². The monoisotopic (exact) mass is 293 g/mol. The average Bonchev–Trinajstić information content (AvgIpc) is 2.46. The Hall–Kier alpha value is -1.92. The topological polar surface area (TPSA) is 58.0 Å². The van der Waals surface area contributed by atoms with E-state index in [0.717, 1.165) is 11.6 Å². The van der Waals surface area contributed by atoms with E-state index in [9.17, 15) is 8.78 Å². The molecule has 0 spiro atoms. The maximum absolute atomic E-state index is 13.8. The van der Waals surface area contributed by atoms with Crippen molar-refractivity contribution < 1.29 is 13.9 Å². The molecule has 0 amide bonds. The van der Waals surface area contributed by atoms with Gasteiger partial charge in [0.05, 0.1) is 12.6 Å². The Morgan fingerprint density at radius 1 is 1.24 bits per heavy atom. The van der Waals surface area contributed by atoms with Crippen LogP contribution < -0.4 is 5.32 Å². The second-order valence-corrected chi connectivity index (χ2v) is 4.79. The SMILES string of the molecule is Cc1cnc(C(Cc2ccc(F)cc2F)NCCO)nc1. The molecule has 112 valence electrons. The van der Waals surface area contributed by atoms with Crippen LogP contribution in [0, 0.1) is 18.6 Å². The quantitative estimate of drug-likeness (QED) is 0.854. The zero-order valence-electron chi connectivity index (χ0n) is 11.7. The molecule has 2 rings (SSSR count). The fourth-order valence-electron chi connectivity index (χ4n) is 1.98. The summed E-state index contributed by atoms with van der Waals surface area (Å²) in [7, 11) is 0. The summed E-state index contributed by atoms with van der Waals surface area (Å²) in [6.07, 6.45) is 3.63. The van der Waals surface area contributed by atoms with E-state index in [4.69, 9.17) is 5.11 Å². The van der Waals surface area contributed by atoms with Gasteiger partial charge in [0.1, 0.15) is 17.5 Å². The first-order chi connectivity index (χ1) is 10.1. The lowest BCUT2D eigenvalue weighted by Crippen LogP contribution is -2.28. The number of aliphatic hydroxyl groups excluding tert-OH is 1. The molecule has 1 heterocycles. The number of aromatic nitrogens is 2. The van der Waals surface area contributed by atoms with Crippen LogP contribution in [0.15, 0.2) is 30.6 Å². The van der Waals surface area contributed by atoms with Gasteiger partial charge >= 0.3 is 0 Å². The van der Waals surface area contributed by atoms with Crippen LogP contribution in [0.25, 0.3) is 0 Å². The molecule has 1 aromatic heterocycles. The zero-order valence-corrected chi connectivity index (χ0v) is 11.7. The first-order valence-electron chi connectivity index (χ1n) is 6.67. The second kappa shape index (κ2) is 7.19. The minimum Gasteiger partial charge on any atom is -0.395 e. The van der Waals surface area contributed by atoms with Crippen LogP contribution in [-0.4, -0.2) is 28.2 Å². The first-order valence-corrected chi connectivity index (χ1v) is 6.67. The number of halogens is 2. The summed E-state index contributed by atoms with van der Waals surface area (Å²) < 4.78 is 26.7. The van der Waals surface area contributed by atoms with Crippen LogP contribution >= 0.6 is 0 Å². The molecule has 4 nitrogen and oxygen atoms in total. The predicted octanol–water partition coefficient (Wildman–Crippen LogP) is 1.93. The summed E-state index contributed by atoms with van der Waals surface area (Å²) >= 11 is 0. The van der Waals surface area contributed by atoms with Crippen LogP contribution in [0.3, 0.4) is 0 Å². The zero-order chi connectivity index (χ0) is 15.2. The maximum Gasteiger partial charge on any atom is 0.145 e. The van der Waals surface area contributed by atoms with Gasteiger partial charge in [-0.1, -0.05) is 6.07 Å². The van der Waals surface area contributed by atoms with Crippen LogP contribution in [0.1, 0.15) is 23.0 Å². The number of aliphatic hydroxyl groups is 1. The summed E-state index contributed by atoms with van der Waals surface area (Å²) in [6, 6.07) is 3.14. The van der Waals surface area contributed by atoms with E-state index in [1.807, 2.05) is 6.92 Å². The van der Waals surface area contributed by atoms with E-state index in [1.165, 1.54) is 12.1 Å². The van der Waals surface area contributed by atoms with Gasteiger partial charge in [0.2, 0.25) is 0 Å². The molecule has 0 aliphatic carbocycles. The number of nitrogens with zero attached hydrogens (tertiary/aromatic N) is 2. The number of hydrogen-bond acceptors (Lipinski definition) is 4. The highest BCUT2D eigenvalue weighted by molar-refractivity contribution is 5.21. The molecule has 0 saturated heterocycles. The lowest BCUT2D eigenvalue weighted by atomic mass is 10.0. The summed E-state index contributed by atoms with van der Waals surface area (Å²) in [5.41, 5.74) is 1.30. The predicted molar refractivity (Wildman–Crippen MR) is 74.7 cm³/mol. The van der Waals surface area contributed by atoms with Crippen molar-refractivity contribution in [2.75, 3.05) is 13.2 Å². The van der Waals surface area contributed by atoms with E-state index < -0.39 is 11.6 Å². The van der Waals surface area contributed by atoms with Gasteiger partial charge in [-0.2, -0.15) is 0 Å². The van der Waals surface area contributed by atoms with Crippen molar-refractivity contribution in [3.63, 3.8) is 0 Å². The van der Waals surface area contributed by atoms with E-state index in [0.29, 0.717) is 17.9 Å². The molecule has 2 aromatic rings. The van der Waals surface area contributed by atoms with Gasteiger partial charge in [0, 0.05) is 25.0 Å². The summed E-state index contributed by atoms with van der Waals surface area (Å²) in [6.45, 7) is 2.17. The molecular formula is C15H17F2N3O. The van der Waals surface area contributed by atoms with Crippen LogP contribution in [0.2, 0.25) is 0 Å². The van der Waals surface area contributed by atoms with Gasteiger partial charge in [-0.3, -0.25) is 0 Å². The van der Waals surface area contributed by atoms with Crippen LogP contribution in [0.4, 0.5) is 8.78 Å². The van der Waals surface area contributed by atoms with Crippen molar-refractivity contribution >= 4 is 0 Å². The number of benzene rings is 1. The van der Waals surface area contributed by atoms with Crippen molar-refractivity contribution in [3.05, 3.63) is 59.2 Å². The molecule has 0 bridgehead atoms. The lowest BCUT2D eigenvalue weighted by Gasteiger charge is -2.17. The van der Waals surface area contributed by atoms with E-state index in [1.54, 1.807) is 12.4 Å². The highest BCUT2D eigenvalue weighted by Crippen LogP contribution is 2.18. The fraction of sp³-hybridized carbons (Fsp3) is 0.333. The van der Waals surface area contributed by atoms with E-state index >= 15 is 0 Å². The third-order valence-corrected chi connectivity index (χ3v) is 3.05. The summed E-state index contributed by atoms with van der Waals surface area (Å²) in [5.74, 6) is -0.696. The minimum absolute atomic E-state index is 0.0474. The van der Waals surface area contributed by atoms with Crippen molar-refractivity contribution in [1.82, 2.24) is 15.3 Å². The van der Waals surface area contributed by atoms with Crippen LogP contribution in [0.5, 0.6) is 0 Å². The van der Waals surface area contributed by atoms with Crippen molar-refractivity contribution in [3.8, 4) is 0 Å². The molecule has 0 aliphatic rings. The highest BCUT2D eigenvalue weighted by Gasteiger charge is 2.17. The van der Waals surface area contributed by atoms with Gasteiger partial charge in [0.15, 0.2) is 0 Å². The Kier molecular flexibility index (Phi) is 5.30. The van der Waals surface area contributed by atoms with E-state index in [2.05, 4.69) is 15.3 Å². The molecular weight excluding hydrogens is 276 g/mol. The standard InChI is InChI=1S/C15H17F2N3O/c1-10-8-19-15(20-9-10)14(18-4-5-21)6-11-2-3-12(16)7-13(11)17/h2-3,7-9,14,18,21H,4-6H2,1H3. The van der Waals surface area contributed by atoms with Crippen molar-refractivity contribution in [1.29, 1.82) is 0 Å².